The van der Waals surface area contributed by atoms with E-state index >= 15 is 0 Å². The van der Waals surface area contributed by atoms with Crippen LogP contribution in [0.15, 0.2) is 17.1 Å². The lowest BCUT2D eigenvalue weighted by molar-refractivity contribution is -0.715. The van der Waals surface area contributed by atoms with Gasteiger partial charge in [-0.2, -0.15) is 17.7 Å². The summed E-state index contributed by atoms with van der Waals surface area (Å²) in [6.07, 6.45) is -2.70. The molecule has 0 bridgehead atoms. The Kier molecular flexibility index (Phi) is 1.94. The van der Waals surface area contributed by atoms with E-state index in [0.717, 1.165) is 4.57 Å². The first kappa shape index (κ1) is 7.53. The van der Waals surface area contributed by atoms with Gasteiger partial charge in [0.05, 0.1) is 5.38 Å². The van der Waals surface area contributed by atoms with Gasteiger partial charge in [0.2, 0.25) is 12.1 Å². The van der Waals surface area contributed by atoms with E-state index < -0.39 is 12.7 Å². The smallest absolute Gasteiger partial charge is 0.186 e. The number of aromatic nitrogens is 1. The van der Waals surface area contributed by atoms with Crippen molar-refractivity contribution in [3.05, 3.63) is 17.1 Å². The van der Waals surface area contributed by atoms with E-state index in [1.54, 1.807) is 5.38 Å². The zero-order valence-corrected chi connectivity index (χ0v) is 5.75. The molecule has 0 radical (unpaired) electrons. The van der Waals surface area contributed by atoms with Gasteiger partial charge in [0.1, 0.15) is 0 Å². The first-order chi connectivity index (χ1) is 4.58. The minimum absolute atomic E-state index is 0.892. The largest absolute Gasteiger partial charge is 0.448 e. The van der Waals surface area contributed by atoms with Crippen LogP contribution >= 0.6 is 11.3 Å². The molecule has 10 heavy (non-hydrogen) atoms. The predicted molar refractivity (Wildman–Crippen MR) is 30.6 cm³/mol. The molecule has 0 N–H and O–H groups in total. The quantitative estimate of drug-likeness (QED) is 0.561. The van der Waals surface area contributed by atoms with Crippen molar-refractivity contribution >= 4 is 11.3 Å². The molecule has 0 spiro atoms. The molecule has 0 amide bonds. The Morgan fingerprint density at radius 2 is 2.10 bits per heavy atom. The highest BCUT2D eigenvalue weighted by atomic mass is 32.1. The molecule has 1 aromatic rings. The summed E-state index contributed by atoms with van der Waals surface area (Å²) in [5.74, 6) is 0. The summed E-state index contributed by atoms with van der Waals surface area (Å²) < 4.78 is 35.9. The van der Waals surface area contributed by atoms with Crippen LogP contribution < -0.4 is 4.57 Å². The van der Waals surface area contributed by atoms with E-state index in [1.165, 1.54) is 23.0 Å². The van der Waals surface area contributed by atoms with Gasteiger partial charge >= 0.3 is 6.18 Å². The van der Waals surface area contributed by atoms with Crippen LogP contribution in [0.4, 0.5) is 13.2 Å². The van der Waals surface area contributed by atoms with Gasteiger partial charge in [-0.1, -0.05) is 11.3 Å². The molecule has 0 saturated heterocycles. The van der Waals surface area contributed by atoms with E-state index in [0.29, 0.717) is 0 Å². The molecule has 0 fully saturated rings. The number of rotatable bonds is 1. The number of hydrogen-bond donors (Lipinski definition) is 0. The fourth-order valence-corrected chi connectivity index (χ4v) is 1.16. The van der Waals surface area contributed by atoms with Crippen LogP contribution in [-0.2, 0) is 6.54 Å². The van der Waals surface area contributed by atoms with Crippen LogP contribution in [0.5, 0.6) is 0 Å². The van der Waals surface area contributed by atoms with Gasteiger partial charge in [-0.3, -0.25) is 0 Å². The third-order valence-corrected chi connectivity index (χ3v) is 1.56. The van der Waals surface area contributed by atoms with Crippen molar-refractivity contribution in [2.24, 2.45) is 0 Å². The zero-order valence-electron chi connectivity index (χ0n) is 4.93. The van der Waals surface area contributed by atoms with E-state index in [1.807, 2.05) is 0 Å². The Hall–Kier alpha value is -0.580. The average Bonchev–Trinajstić information content (AvgIpc) is 2.12. The van der Waals surface area contributed by atoms with Gasteiger partial charge in [0, 0.05) is 0 Å². The van der Waals surface area contributed by atoms with Crippen molar-refractivity contribution in [3.63, 3.8) is 0 Å². The van der Waals surface area contributed by atoms with Gasteiger partial charge < -0.3 is 0 Å². The molecule has 1 heterocycles. The third kappa shape index (κ3) is 2.34. The maximum Gasteiger partial charge on any atom is 0.448 e. The van der Waals surface area contributed by atoms with Crippen LogP contribution in [-0.4, -0.2) is 6.18 Å². The molecule has 0 aromatic carbocycles. The van der Waals surface area contributed by atoms with Crippen LogP contribution in [0.3, 0.4) is 0 Å². The van der Waals surface area contributed by atoms with E-state index in [-0.39, 0.29) is 0 Å². The topological polar surface area (TPSA) is 3.88 Å². The highest BCUT2D eigenvalue weighted by molar-refractivity contribution is 7.07. The number of halogens is 3. The van der Waals surface area contributed by atoms with Crippen LogP contribution in [0, 0.1) is 0 Å². The number of thiazole rings is 1. The summed E-state index contributed by atoms with van der Waals surface area (Å²) >= 11 is 1.24. The third-order valence-electron chi connectivity index (χ3n) is 0.889. The number of alkyl halides is 3. The zero-order chi connectivity index (χ0) is 7.61. The van der Waals surface area contributed by atoms with Gasteiger partial charge in [-0.15, -0.1) is 0 Å². The lowest BCUT2D eigenvalue weighted by Gasteiger charge is -1.97. The number of nitrogens with zero attached hydrogens (tertiary/aromatic N) is 1. The summed E-state index contributed by atoms with van der Waals surface area (Å²) in [7, 11) is 0. The molecule has 0 aliphatic carbocycles. The Labute approximate surface area is 59.7 Å². The Bertz CT molecular complexity index is 191. The summed E-state index contributed by atoms with van der Waals surface area (Å²) in [6.45, 7) is -0.892. The van der Waals surface area contributed by atoms with Crippen molar-refractivity contribution < 1.29 is 17.7 Å². The predicted octanol–water partition coefficient (Wildman–Crippen LogP) is 1.60. The van der Waals surface area contributed by atoms with Crippen LogP contribution in [0.1, 0.15) is 0 Å². The normalized spacial score (nSPS) is 11.9. The monoisotopic (exact) mass is 168 g/mol. The minimum atomic E-state index is -4.11. The van der Waals surface area contributed by atoms with Gasteiger partial charge in [0.25, 0.3) is 0 Å². The number of hydrogen-bond acceptors (Lipinski definition) is 1. The Morgan fingerprint density at radius 1 is 1.40 bits per heavy atom. The molecular weight excluding hydrogens is 163 g/mol. The molecule has 0 unspecified atom stereocenters. The van der Waals surface area contributed by atoms with Gasteiger partial charge in [-0.25, -0.2) is 0 Å². The highest BCUT2D eigenvalue weighted by Gasteiger charge is 2.33. The van der Waals surface area contributed by atoms with Crippen molar-refractivity contribution in [2.45, 2.75) is 12.7 Å². The first-order valence-electron chi connectivity index (χ1n) is 2.56. The van der Waals surface area contributed by atoms with Crippen LogP contribution in [0.2, 0.25) is 0 Å². The second-order valence-corrected chi connectivity index (χ2v) is 2.57. The van der Waals surface area contributed by atoms with Crippen molar-refractivity contribution in [3.8, 4) is 0 Å². The maximum absolute atomic E-state index is 11.6. The van der Waals surface area contributed by atoms with Crippen molar-refractivity contribution in [2.75, 3.05) is 0 Å². The second kappa shape index (κ2) is 2.57. The first-order valence-corrected chi connectivity index (χ1v) is 3.50. The Balaban J connectivity index is 2.57. The fraction of sp³-hybridized carbons (Fsp3) is 0.400. The highest BCUT2D eigenvalue weighted by Crippen LogP contribution is 2.13. The summed E-state index contributed by atoms with van der Waals surface area (Å²) in [5, 5.41) is 1.60. The van der Waals surface area contributed by atoms with Crippen LogP contribution in [0.25, 0.3) is 0 Å². The maximum atomic E-state index is 11.6. The SMILES string of the molecule is FC(F)(F)C[n+]1ccsc1. The minimum Gasteiger partial charge on any atom is -0.186 e. The molecule has 5 heteroatoms. The summed E-state index contributed by atoms with van der Waals surface area (Å²) in [5.41, 5.74) is 1.42. The molecule has 1 nitrogen and oxygen atoms in total. The molecule has 1 rings (SSSR count). The summed E-state index contributed by atoms with van der Waals surface area (Å²) in [6, 6.07) is 0. The van der Waals surface area contributed by atoms with Crippen molar-refractivity contribution in [1.82, 2.24) is 0 Å². The van der Waals surface area contributed by atoms with Crippen molar-refractivity contribution in [1.29, 1.82) is 0 Å². The Morgan fingerprint density at radius 3 is 2.50 bits per heavy atom. The fourth-order valence-electron chi connectivity index (χ4n) is 0.559. The lowest BCUT2D eigenvalue weighted by atomic mass is 10.6. The molecular formula is C5H5F3NS+. The summed E-state index contributed by atoms with van der Waals surface area (Å²) in [4.78, 5) is 0. The molecule has 56 valence electrons. The molecule has 0 atom stereocenters. The molecule has 0 aliphatic heterocycles. The molecule has 0 aliphatic rings. The average molecular weight is 168 g/mol. The standard InChI is InChI=1S/C5H5F3NS/c6-5(7,8)3-9-1-2-10-4-9/h1-2,4H,3H2/q+1. The van der Waals surface area contributed by atoms with Gasteiger partial charge in [0.15, 0.2) is 6.20 Å². The van der Waals surface area contributed by atoms with Gasteiger partial charge in [-0.05, 0) is 0 Å². The lowest BCUT2D eigenvalue weighted by Crippen LogP contribution is -2.38. The van der Waals surface area contributed by atoms with E-state index in [9.17, 15) is 13.2 Å². The van der Waals surface area contributed by atoms with E-state index in [2.05, 4.69) is 0 Å². The second-order valence-electron chi connectivity index (χ2n) is 1.81. The molecule has 1 aromatic heterocycles. The molecule has 0 saturated carbocycles. The van der Waals surface area contributed by atoms with E-state index in [4.69, 9.17) is 0 Å².